The molecule has 0 aliphatic heterocycles. The first kappa shape index (κ1) is 22.3. The van der Waals surface area contributed by atoms with Crippen LogP contribution < -0.4 is 25.1 Å². The lowest BCUT2D eigenvalue weighted by Crippen LogP contribution is -2.27. The van der Waals surface area contributed by atoms with Gasteiger partial charge in [0.1, 0.15) is 11.4 Å². The van der Waals surface area contributed by atoms with Crippen molar-refractivity contribution in [3.8, 4) is 27.7 Å². The van der Waals surface area contributed by atoms with E-state index in [2.05, 4.69) is 10.3 Å². The first-order valence-corrected chi connectivity index (χ1v) is 10.9. The van der Waals surface area contributed by atoms with Crippen LogP contribution >= 0.6 is 11.3 Å². The van der Waals surface area contributed by atoms with Crippen LogP contribution in [0.25, 0.3) is 20.7 Å². The molecule has 0 fully saturated rings. The van der Waals surface area contributed by atoms with Gasteiger partial charge in [0.05, 0.1) is 33.0 Å². The second-order valence-electron chi connectivity index (χ2n) is 7.24. The average Bonchev–Trinajstić information content (AvgIpc) is 3.17. The Kier molecular flexibility index (Phi) is 6.32. The van der Waals surface area contributed by atoms with Crippen molar-refractivity contribution in [1.29, 1.82) is 0 Å². The molecule has 0 atom stereocenters. The number of carbonyl (C=O) groups excluding carboxylic acids is 1. The summed E-state index contributed by atoms with van der Waals surface area (Å²) in [5, 5.41) is 3.30. The van der Waals surface area contributed by atoms with E-state index in [4.69, 9.17) is 14.2 Å². The number of benzene rings is 2. The largest absolute Gasteiger partial charge is 0.493 e. The highest BCUT2D eigenvalue weighted by Gasteiger charge is 2.18. The topological polar surface area (TPSA) is 91.7 Å². The second kappa shape index (κ2) is 9.33. The summed E-state index contributed by atoms with van der Waals surface area (Å²) in [5.41, 5.74) is 2.09. The van der Waals surface area contributed by atoms with E-state index in [1.807, 2.05) is 37.3 Å². The molecule has 170 valence electrons. The zero-order valence-electron chi connectivity index (χ0n) is 18.7. The summed E-state index contributed by atoms with van der Waals surface area (Å²) in [5.74, 6) is 0.860. The molecule has 4 rings (SSSR count). The van der Waals surface area contributed by atoms with Crippen LogP contribution in [0.2, 0.25) is 0 Å². The van der Waals surface area contributed by atoms with Crippen LogP contribution in [0.3, 0.4) is 0 Å². The summed E-state index contributed by atoms with van der Waals surface area (Å²) in [6.07, 6.45) is 1.41. The number of fused-ring (bicyclic) bond motifs is 1. The average molecular weight is 466 g/mol. The summed E-state index contributed by atoms with van der Waals surface area (Å²) in [7, 11) is 4.50. The maximum absolute atomic E-state index is 13.2. The molecule has 0 unspecified atom stereocenters. The summed E-state index contributed by atoms with van der Waals surface area (Å²) in [6, 6.07) is 13.1. The normalized spacial score (nSPS) is 10.8. The van der Waals surface area contributed by atoms with Gasteiger partial charge in [-0.2, -0.15) is 0 Å². The molecular formula is C24H23N3O5S. The molecule has 33 heavy (non-hydrogen) atoms. The lowest BCUT2D eigenvalue weighted by Gasteiger charge is -2.14. The molecule has 0 aliphatic rings. The molecule has 0 saturated heterocycles. The number of nitrogens with one attached hydrogen (secondary N) is 1. The zero-order chi connectivity index (χ0) is 23.5. The Labute approximate surface area is 194 Å². The summed E-state index contributed by atoms with van der Waals surface area (Å²) in [4.78, 5) is 32.0. The molecule has 0 aliphatic carbocycles. The summed E-state index contributed by atoms with van der Waals surface area (Å²) >= 11 is 1.47. The Morgan fingerprint density at radius 3 is 2.33 bits per heavy atom. The second-order valence-corrected chi connectivity index (χ2v) is 8.24. The molecule has 0 bridgehead atoms. The fraction of sp³-hybridized carbons (Fsp3) is 0.208. The predicted molar refractivity (Wildman–Crippen MR) is 129 cm³/mol. The van der Waals surface area contributed by atoms with E-state index in [1.165, 1.54) is 43.6 Å². The Balaban J connectivity index is 1.62. The highest BCUT2D eigenvalue weighted by molar-refractivity contribution is 7.22. The number of anilines is 1. The van der Waals surface area contributed by atoms with Crippen LogP contribution in [0, 0.1) is 6.92 Å². The van der Waals surface area contributed by atoms with Crippen molar-refractivity contribution in [1.82, 2.24) is 9.55 Å². The van der Waals surface area contributed by atoms with E-state index >= 15 is 0 Å². The van der Waals surface area contributed by atoms with E-state index in [-0.39, 0.29) is 18.0 Å². The molecule has 0 radical (unpaired) electrons. The molecule has 2 heterocycles. The number of aryl methyl sites for hydroxylation is 1. The van der Waals surface area contributed by atoms with Crippen molar-refractivity contribution < 1.29 is 19.0 Å². The van der Waals surface area contributed by atoms with Crippen molar-refractivity contribution in [3.05, 3.63) is 64.7 Å². The number of aromatic nitrogens is 2. The van der Waals surface area contributed by atoms with Gasteiger partial charge < -0.3 is 19.5 Å². The minimum atomic E-state index is -0.385. The van der Waals surface area contributed by atoms with Crippen LogP contribution in [0.1, 0.15) is 5.56 Å². The number of hydrogen-bond acceptors (Lipinski definition) is 7. The maximum Gasteiger partial charge on any atom is 0.262 e. The number of rotatable bonds is 7. The quantitative estimate of drug-likeness (QED) is 0.442. The number of hydrogen-bond donors (Lipinski definition) is 1. The number of amides is 1. The van der Waals surface area contributed by atoms with Gasteiger partial charge in [0.25, 0.3) is 5.56 Å². The van der Waals surface area contributed by atoms with Crippen molar-refractivity contribution in [2.45, 2.75) is 13.5 Å². The third-order valence-corrected chi connectivity index (χ3v) is 6.46. The van der Waals surface area contributed by atoms with E-state index in [1.54, 1.807) is 12.1 Å². The number of carbonyl (C=O) groups is 1. The minimum absolute atomic E-state index is 0.186. The molecule has 2 aromatic carbocycles. The van der Waals surface area contributed by atoms with Crippen molar-refractivity contribution in [2.24, 2.45) is 0 Å². The van der Waals surface area contributed by atoms with Gasteiger partial charge in [-0.15, -0.1) is 11.3 Å². The van der Waals surface area contributed by atoms with Crippen LogP contribution in [0.15, 0.2) is 53.6 Å². The Bertz CT molecular complexity index is 1350. The van der Waals surface area contributed by atoms with Gasteiger partial charge in [0.15, 0.2) is 11.5 Å². The van der Waals surface area contributed by atoms with Crippen LogP contribution in [0.4, 0.5) is 5.69 Å². The Morgan fingerprint density at radius 1 is 1.06 bits per heavy atom. The molecule has 8 nitrogen and oxygen atoms in total. The van der Waals surface area contributed by atoms with Crippen molar-refractivity contribution in [2.75, 3.05) is 26.6 Å². The van der Waals surface area contributed by atoms with Crippen molar-refractivity contribution >= 4 is 33.1 Å². The van der Waals surface area contributed by atoms with Gasteiger partial charge in [-0.05, 0) is 18.1 Å². The summed E-state index contributed by atoms with van der Waals surface area (Å²) < 4.78 is 17.2. The van der Waals surface area contributed by atoms with Gasteiger partial charge >= 0.3 is 0 Å². The maximum atomic E-state index is 13.2. The van der Waals surface area contributed by atoms with Gasteiger partial charge in [0, 0.05) is 22.7 Å². The molecular weight excluding hydrogens is 442 g/mol. The van der Waals surface area contributed by atoms with Crippen LogP contribution in [-0.2, 0) is 11.3 Å². The van der Waals surface area contributed by atoms with Gasteiger partial charge in [-0.25, -0.2) is 4.98 Å². The monoisotopic (exact) mass is 465 g/mol. The highest BCUT2D eigenvalue weighted by Crippen LogP contribution is 2.40. The van der Waals surface area contributed by atoms with Gasteiger partial charge in [-0.1, -0.05) is 30.3 Å². The van der Waals surface area contributed by atoms with Crippen LogP contribution in [0.5, 0.6) is 17.2 Å². The van der Waals surface area contributed by atoms with Crippen molar-refractivity contribution in [3.63, 3.8) is 0 Å². The SMILES string of the molecule is COc1cc(NC(=O)Cn2cnc3sc(-c4ccccc4)c(C)c3c2=O)cc(OC)c1OC. The lowest BCUT2D eigenvalue weighted by molar-refractivity contribution is -0.116. The molecule has 2 aromatic heterocycles. The molecule has 4 aromatic rings. The Morgan fingerprint density at radius 2 is 1.73 bits per heavy atom. The predicted octanol–water partition coefficient (Wildman–Crippen LogP) is 4.10. The third-order valence-electron chi connectivity index (χ3n) is 5.22. The fourth-order valence-electron chi connectivity index (χ4n) is 3.65. The fourth-order valence-corrected chi connectivity index (χ4v) is 4.79. The molecule has 0 spiro atoms. The molecule has 1 amide bonds. The number of thiophene rings is 1. The van der Waals surface area contributed by atoms with E-state index in [0.717, 1.165) is 16.0 Å². The van der Waals surface area contributed by atoms with E-state index in [0.29, 0.717) is 33.2 Å². The van der Waals surface area contributed by atoms with Crippen LogP contribution in [-0.4, -0.2) is 36.8 Å². The van der Waals surface area contributed by atoms with E-state index in [9.17, 15) is 9.59 Å². The first-order chi connectivity index (χ1) is 16.0. The molecule has 1 N–H and O–H groups in total. The molecule has 0 saturated carbocycles. The Hall–Kier alpha value is -3.85. The van der Waals surface area contributed by atoms with Gasteiger partial charge in [0.2, 0.25) is 11.7 Å². The first-order valence-electron chi connectivity index (χ1n) is 10.1. The highest BCUT2D eigenvalue weighted by atomic mass is 32.1. The number of methoxy groups -OCH3 is 3. The molecule has 9 heteroatoms. The standard InChI is InChI=1S/C24H23N3O5S/c1-14-20-23(33-22(14)15-8-6-5-7-9-15)25-13-27(24(20)29)12-19(28)26-16-10-17(30-2)21(32-4)18(11-16)31-3/h5-11,13H,12H2,1-4H3,(H,26,28). The third kappa shape index (κ3) is 4.27. The minimum Gasteiger partial charge on any atom is -0.493 e. The zero-order valence-corrected chi connectivity index (χ0v) is 19.5. The number of nitrogens with zero attached hydrogens (tertiary/aromatic N) is 2. The smallest absolute Gasteiger partial charge is 0.262 e. The summed E-state index contributed by atoms with van der Waals surface area (Å²) in [6.45, 7) is 1.72. The van der Waals surface area contributed by atoms with E-state index < -0.39 is 0 Å². The van der Waals surface area contributed by atoms with Gasteiger partial charge in [-0.3, -0.25) is 14.2 Å². The lowest BCUT2D eigenvalue weighted by atomic mass is 10.1. The number of ether oxygens (including phenoxy) is 3.